The Labute approximate surface area is 167 Å². The molecule has 1 heterocycles. The first-order chi connectivity index (χ1) is 13.5. The molecule has 0 aliphatic carbocycles. The Bertz CT molecular complexity index is 1210. The third kappa shape index (κ3) is 3.58. The molecule has 0 atom stereocenters. The summed E-state index contributed by atoms with van der Waals surface area (Å²) in [5.74, 6) is 0.309. The highest BCUT2D eigenvalue weighted by molar-refractivity contribution is 7.92. The van der Waals surface area contributed by atoms with Crippen molar-refractivity contribution in [3.8, 4) is 16.3 Å². The molecule has 28 heavy (non-hydrogen) atoms. The van der Waals surface area contributed by atoms with Gasteiger partial charge < -0.3 is 4.74 Å². The van der Waals surface area contributed by atoms with E-state index in [4.69, 9.17) is 4.74 Å². The number of nitrogens with zero attached hydrogens (tertiary/aromatic N) is 1. The number of hydrogen-bond acceptors (Lipinski definition) is 5. The van der Waals surface area contributed by atoms with Crippen molar-refractivity contribution < 1.29 is 13.2 Å². The molecule has 5 nitrogen and oxygen atoms in total. The maximum absolute atomic E-state index is 12.8. The van der Waals surface area contributed by atoms with Crippen LogP contribution in [0.5, 0.6) is 5.75 Å². The molecule has 0 aliphatic heterocycles. The molecule has 0 unspecified atom stereocenters. The lowest BCUT2D eigenvalue weighted by atomic mass is 10.2. The van der Waals surface area contributed by atoms with Crippen LogP contribution in [0.2, 0.25) is 0 Å². The zero-order chi connectivity index (χ0) is 19.7. The summed E-state index contributed by atoms with van der Waals surface area (Å²) in [7, 11) is -2.31. The van der Waals surface area contributed by atoms with E-state index >= 15 is 0 Å². The van der Waals surface area contributed by atoms with Gasteiger partial charge >= 0.3 is 0 Å². The minimum atomic E-state index is -3.76. The van der Waals surface area contributed by atoms with Gasteiger partial charge in [0.1, 0.15) is 15.7 Å². The lowest BCUT2D eigenvalue weighted by Crippen LogP contribution is -2.14. The number of rotatable bonds is 5. The normalized spacial score (nSPS) is 11.5. The minimum absolute atomic E-state index is 0.116. The fourth-order valence-corrected chi connectivity index (χ4v) is 5.17. The molecule has 0 saturated heterocycles. The number of methoxy groups -OCH3 is 1. The predicted molar refractivity (Wildman–Crippen MR) is 114 cm³/mol. The summed E-state index contributed by atoms with van der Waals surface area (Å²) in [6.07, 6.45) is 0. The van der Waals surface area contributed by atoms with Crippen LogP contribution in [0.3, 0.4) is 0 Å². The Kier molecular flexibility index (Phi) is 4.78. The van der Waals surface area contributed by atoms with E-state index in [0.717, 1.165) is 26.4 Å². The highest BCUT2D eigenvalue weighted by Gasteiger charge is 2.20. The quantitative estimate of drug-likeness (QED) is 0.498. The van der Waals surface area contributed by atoms with Crippen LogP contribution in [0.4, 0.5) is 5.69 Å². The Morgan fingerprint density at radius 2 is 1.75 bits per heavy atom. The average molecular weight is 411 g/mol. The van der Waals surface area contributed by atoms with Crippen molar-refractivity contribution in [2.24, 2.45) is 0 Å². The van der Waals surface area contributed by atoms with Gasteiger partial charge in [-0.1, -0.05) is 18.2 Å². The molecule has 0 fully saturated rings. The summed E-state index contributed by atoms with van der Waals surface area (Å²) in [5.41, 5.74) is 3.22. The first kappa shape index (κ1) is 18.5. The van der Waals surface area contributed by atoms with E-state index in [9.17, 15) is 8.42 Å². The van der Waals surface area contributed by atoms with Crippen LogP contribution in [-0.2, 0) is 10.0 Å². The van der Waals surface area contributed by atoms with E-state index in [-0.39, 0.29) is 4.90 Å². The van der Waals surface area contributed by atoms with Gasteiger partial charge in [-0.2, -0.15) is 0 Å². The zero-order valence-electron chi connectivity index (χ0n) is 15.3. The number of sulfonamides is 1. The van der Waals surface area contributed by atoms with Crippen molar-refractivity contribution in [1.82, 2.24) is 4.98 Å². The zero-order valence-corrected chi connectivity index (χ0v) is 17.0. The SMILES string of the molecule is COc1ccc(C)cc1S(=O)(=O)Nc1ccc(-c2nc3ccccc3s2)cc1. The predicted octanol–water partition coefficient (Wildman–Crippen LogP) is 5.08. The van der Waals surface area contributed by atoms with Gasteiger partial charge in [-0.25, -0.2) is 13.4 Å². The first-order valence-electron chi connectivity index (χ1n) is 8.60. The molecule has 0 bridgehead atoms. The molecular weight excluding hydrogens is 392 g/mol. The van der Waals surface area contributed by atoms with Crippen LogP contribution in [0, 0.1) is 6.92 Å². The first-order valence-corrected chi connectivity index (χ1v) is 10.9. The standard InChI is InChI=1S/C21H18N2O3S2/c1-14-7-12-18(26-2)20(13-14)28(24,25)23-16-10-8-15(9-11-16)21-22-17-5-3-4-6-19(17)27-21/h3-13,23H,1-2H3. The number of hydrogen-bond donors (Lipinski definition) is 1. The fourth-order valence-electron chi connectivity index (χ4n) is 2.88. The molecule has 4 rings (SSSR count). The smallest absolute Gasteiger partial charge is 0.265 e. The van der Waals surface area contributed by atoms with E-state index in [1.165, 1.54) is 7.11 Å². The van der Waals surface area contributed by atoms with Gasteiger partial charge in [-0.3, -0.25) is 4.72 Å². The molecule has 0 radical (unpaired) electrons. The third-order valence-electron chi connectivity index (χ3n) is 4.29. The van der Waals surface area contributed by atoms with Crippen LogP contribution < -0.4 is 9.46 Å². The van der Waals surface area contributed by atoms with Crippen molar-refractivity contribution >= 4 is 37.3 Å². The van der Waals surface area contributed by atoms with E-state index in [2.05, 4.69) is 9.71 Å². The second-order valence-electron chi connectivity index (χ2n) is 6.32. The lowest BCUT2D eigenvalue weighted by molar-refractivity contribution is 0.402. The van der Waals surface area contributed by atoms with Crippen LogP contribution in [-0.4, -0.2) is 20.5 Å². The summed E-state index contributed by atoms with van der Waals surface area (Å²) >= 11 is 1.61. The number of fused-ring (bicyclic) bond motifs is 1. The monoisotopic (exact) mass is 410 g/mol. The van der Waals surface area contributed by atoms with Gasteiger partial charge in [0.25, 0.3) is 10.0 Å². The number of benzene rings is 3. The van der Waals surface area contributed by atoms with Crippen LogP contribution in [0.25, 0.3) is 20.8 Å². The highest BCUT2D eigenvalue weighted by atomic mass is 32.2. The second kappa shape index (κ2) is 7.26. The van der Waals surface area contributed by atoms with Gasteiger partial charge in [-0.05, 0) is 61.0 Å². The number of para-hydroxylation sites is 1. The van der Waals surface area contributed by atoms with Gasteiger partial charge in [-0.15, -0.1) is 11.3 Å². The Balaban J connectivity index is 1.61. The van der Waals surface area contributed by atoms with E-state index in [0.29, 0.717) is 11.4 Å². The van der Waals surface area contributed by atoms with Crippen molar-refractivity contribution in [2.75, 3.05) is 11.8 Å². The molecule has 0 aliphatic rings. The Morgan fingerprint density at radius 3 is 2.46 bits per heavy atom. The molecule has 7 heteroatoms. The number of anilines is 1. The van der Waals surface area contributed by atoms with Gasteiger partial charge in [0.2, 0.25) is 0 Å². The number of thiazole rings is 1. The van der Waals surface area contributed by atoms with E-state index in [1.54, 1.807) is 35.6 Å². The van der Waals surface area contributed by atoms with Gasteiger partial charge in [0.05, 0.1) is 17.3 Å². The van der Waals surface area contributed by atoms with Crippen molar-refractivity contribution in [3.05, 3.63) is 72.3 Å². The van der Waals surface area contributed by atoms with Crippen molar-refractivity contribution in [3.63, 3.8) is 0 Å². The topological polar surface area (TPSA) is 68.3 Å². The maximum atomic E-state index is 12.8. The Hall–Kier alpha value is -2.90. The molecule has 0 amide bonds. The Morgan fingerprint density at radius 1 is 1.00 bits per heavy atom. The summed E-state index contributed by atoms with van der Waals surface area (Å²) < 4.78 is 34.5. The summed E-state index contributed by atoms with van der Waals surface area (Å²) in [6, 6.07) is 20.2. The third-order valence-corrected chi connectivity index (χ3v) is 6.77. The van der Waals surface area contributed by atoms with E-state index in [1.807, 2.05) is 49.4 Å². The van der Waals surface area contributed by atoms with Crippen molar-refractivity contribution in [2.45, 2.75) is 11.8 Å². The summed E-state index contributed by atoms with van der Waals surface area (Å²) in [6.45, 7) is 1.84. The number of nitrogens with one attached hydrogen (secondary N) is 1. The average Bonchev–Trinajstić information content (AvgIpc) is 3.12. The molecule has 4 aromatic rings. The molecule has 0 spiro atoms. The molecule has 1 N–H and O–H groups in total. The number of ether oxygens (including phenoxy) is 1. The van der Waals surface area contributed by atoms with Crippen molar-refractivity contribution in [1.29, 1.82) is 0 Å². The summed E-state index contributed by atoms with van der Waals surface area (Å²) in [4.78, 5) is 4.75. The fraction of sp³-hybridized carbons (Fsp3) is 0.0952. The van der Waals surface area contributed by atoms with Crippen LogP contribution in [0.15, 0.2) is 71.6 Å². The number of aryl methyl sites for hydroxylation is 1. The number of aromatic nitrogens is 1. The molecule has 0 saturated carbocycles. The second-order valence-corrected chi connectivity index (χ2v) is 9.01. The van der Waals surface area contributed by atoms with Crippen LogP contribution in [0.1, 0.15) is 5.56 Å². The lowest BCUT2D eigenvalue weighted by Gasteiger charge is -2.12. The van der Waals surface area contributed by atoms with Gasteiger partial charge in [0, 0.05) is 11.3 Å². The van der Waals surface area contributed by atoms with Gasteiger partial charge in [0.15, 0.2) is 0 Å². The highest BCUT2D eigenvalue weighted by Crippen LogP contribution is 2.31. The summed E-state index contributed by atoms with van der Waals surface area (Å²) in [5, 5.41) is 0.899. The maximum Gasteiger partial charge on any atom is 0.265 e. The van der Waals surface area contributed by atoms with Crippen LogP contribution >= 0.6 is 11.3 Å². The minimum Gasteiger partial charge on any atom is -0.495 e. The van der Waals surface area contributed by atoms with E-state index < -0.39 is 10.0 Å². The largest absolute Gasteiger partial charge is 0.495 e. The molecular formula is C21H18N2O3S2. The molecule has 1 aromatic heterocycles. The molecule has 142 valence electrons. The molecule has 3 aromatic carbocycles.